The van der Waals surface area contributed by atoms with Gasteiger partial charge in [-0.1, -0.05) is 23.4 Å². The van der Waals surface area contributed by atoms with Crippen molar-refractivity contribution in [3.05, 3.63) is 65.9 Å². The normalized spacial score (nSPS) is 10.7. The number of amides is 1. The number of rotatable bonds is 4. The number of benzene rings is 1. The molecule has 0 spiro atoms. The number of pyridine rings is 1. The Hall–Kier alpha value is -3.81. The number of anilines is 3. The first-order valence-corrected chi connectivity index (χ1v) is 8.29. The molecule has 3 aromatic heterocycles. The number of fused-ring (bicyclic) bond motifs is 1. The number of para-hydroxylation sites is 1. The summed E-state index contributed by atoms with van der Waals surface area (Å²) in [6.45, 7) is 3.51. The van der Waals surface area contributed by atoms with Gasteiger partial charge in [0.15, 0.2) is 5.82 Å². The molecule has 0 fully saturated rings. The largest absolute Gasteiger partial charge is 0.360 e. The summed E-state index contributed by atoms with van der Waals surface area (Å²) >= 11 is 0. The number of carbonyl (C=O) groups is 1. The lowest BCUT2D eigenvalue weighted by Crippen LogP contribution is -2.15. The van der Waals surface area contributed by atoms with Gasteiger partial charge < -0.3 is 15.2 Å². The molecule has 1 amide bonds. The third-order valence-corrected chi connectivity index (χ3v) is 3.84. The molecular weight excluding hydrogens is 344 g/mol. The number of hydrogen-bond donors (Lipinski definition) is 2. The summed E-state index contributed by atoms with van der Waals surface area (Å²) < 4.78 is 5.02. The molecule has 0 bridgehead atoms. The molecule has 0 aliphatic heterocycles. The first-order valence-electron chi connectivity index (χ1n) is 8.29. The second-order valence-electron chi connectivity index (χ2n) is 5.97. The summed E-state index contributed by atoms with van der Waals surface area (Å²) in [6.07, 6.45) is 1.69. The van der Waals surface area contributed by atoms with Gasteiger partial charge in [0.25, 0.3) is 5.91 Å². The van der Waals surface area contributed by atoms with Crippen molar-refractivity contribution in [1.29, 1.82) is 0 Å². The van der Waals surface area contributed by atoms with Gasteiger partial charge in [0, 0.05) is 23.7 Å². The predicted molar refractivity (Wildman–Crippen MR) is 101 cm³/mol. The van der Waals surface area contributed by atoms with Crippen LogP contribution in [-0.4, -0.2) is 26.0 Å². The highest BCUT2D eigenvalue weighted by Crippen LogP contribution is 2.22. The molecule has 4 rings (SSSR count). The van der Waals surface area contributed by atoms with E-state index in [1.807, 2.05) is 24.3 Å². The summed E-state index contributed by atoms with van der Waals surface area (Å²) in [4.78, 5) is 25.6. The van der Waals surface area contributed by atoms with E-state index in [0.717, 1.165) is 10.9 Å². The fourth-order valence-electron chi connectivity index (χ4n) is 2.70. The highest BCUT2D eigenvalue weighted by Gasteiger charge is 2.13. The fraction of sp³-hybridized carbons (Fsp3) is 0.105. The molecule has 3 heterocycles. The van der Waals surface area contributed by atoms with Crippen LogP contribution in [0.15, 0.2) is 53.2 Å². The topological polar surface area (TPSA) is 106 Å². The minimum Gasteiger partial charge on any atom is -0.360 e. The van der Waals surface area contributed by atoms with Crippen LogP contribution in [0.4, 0.5) is 17.3 Å². The van der Waals surface area contributed by atoms with Crippen LogP contribution in [0.3, 0.4) is 0 Å². The molecule has 4 aromatic rings. The lowest BCUT2D eigenvalue weighted by Gasteiger charge is -2.09. The van der Waals surface area contributed by atoms with Gasteiger partial charge in [-0.3, -0.25) is 9.78 Å². The Bertz CT molecular complexity index is 1130. The van der Waals surface area contributed by atoms with Crippen molar-refractivity contribution in [2.45, 2.75) is 13.8 Å². The van der Waals surface area contributed by atoms with Gasteiger partial charge >= 0.3 is 0 Å². The maximum Gasteiger partial charge on any atom is 0.274 e. The van der Waals surface area contributed by atoms with E-state index in [1.165, 1.54) is 0 Å². The summed E-state index contributed by atoms with van der Waals surface area (Å²) in [5, 5.41) is 10.7. The van der Waals surface area contributed by atoms with Gasteiger partial charge in [-0.2, -0.15) is 0 Å². The molecule has 8 heteroatoms. The Morgan fingerprint density at radius 2 is 1.89 bits per heavy atom. The van der Waals surface area contributed by atoms with Crippen LogP contribution < -0.4 is 10.6 Å². The van der Waals surface area contributed by atoms with Crippen LogP contribution in [0.2, 0.25) is 0 Å². The van der Waals surface area contributed by atoms with Gasteiger partial charge in [0.2, 0.25) is 0 Å². The third-order valence-electron chi connectivity index (χ3n) is 3.84. The zero-order chi connectivity index (χ0) is 18.8. The first-order chi connectivity index (χ1) is 13.1. The third kappa shape index (κ3) is 3.59. The molecule has 0 radical (unpaired) electrons. The standard InChI is InChI=1S/C19H16N6O2/c1-11-9-17(25-27-11)24-16-10-15(21-12(2)22-16)19(26)23-14-7-3-5-13-6-4-8-20-18(13)14/h3-10H,1-2H3,(H,23,26)(H,21,22,24,25). The molecule has 2 N–H and O–H groups in total. The average Bonchev–Trinajstić information content (AvgIpc) is 3.06. The first kappa shape index (κ1) is 16.6. The number of hydrogen-bond acceptors (Lipinski definition) is 7. The second kappa shape index (κ2) is 6.83. The van der Waals surface area contributed by atoms with Gasteiger partial charge in [0.1, 0.15) is 23.1 Å². The molecule has 1 aromatic carbocycles. The highest BCUT2D eigenvalue weighted by atomic mass is 16.5. The van der Waals surface area contributed by atoms with E-state index >= 15 is 0 Å². The predicted octanol–water partition coefficient (Wildman–Crippen LogP) is 3.63. The Morgan fingerprint density at radius 3 is 2.70 bits per heavy atom. The van der Waals surface area contributed by atoms with Crippen molar-refractivity contribution in [3.63, 3.8) is 0 Å². The van der Waals surface area contributed by atoms with Crippen LogP contribution in [0.25, 0.3) is 10.9 Å². The Kier molecular flexibility index (Phi) is 4.21. The van der Waals surface area contributed by atoms with Crippen molar-refractivity contribution >= 4 is 34.1 Å². The fourth-order valence-corrected chi connectivity index (χ4v) is 2.70. The van der Waals surface area contributed by atoms with E-state index in [4.69, 9.17) is 4.52 Å². The molecular formula is C19H16N6O2. The van der Waals surface area contributed by atoms with Crippen LogP contribution in [0.5, 0.6) is 0 Å². The number of aromatic nitrogens is 4. The van der Waals surface area contributed by atoms with Crippen molar-refractivity contribution < 1.29 is 9.32 Å². The molecule has 0 aliphatic carbocycles. The SMILES string of the molecule is Cc1nc(Nc2cc(C)on2)cc(C(=O)Nc2cccc3cccnc23)n1. The molecule has 8 nitrogen and oxygen atoms in total. The van der Waals surface area contributed by atoms with Crippen LogP contribution in [0, 0.1) is 13.8 Å². The highest BCUT2D eigenvalue weighted by molar-refractivity contribution is 6.07. The maximum absolute atomic E-state index is 12.7. The molecule has 0 saturated carbocycles. The van der Waals surface area contributed by atoms with E-state index < -0.39 is 0 Å². The van der Waals surface area contributed by atoms with Gasteiger partial charge in [-0.15, -0.1) is 0 Å². The quantitative estimate of drug-likeness (QED) is 0.572. The smallest absolute Gasteiger partial charge is 0.274 e. The minimum atomic E-state index is -0.349. The summed E-state index contributed by atoms with van der Waals surface area (Å²) in [5.41, 5.74) is 1.57. The maximum atomic E-state index is 12.7. The monoisotopic (exact) mass is 360 g/mol. The molecule has 0 unspecified atom stereocenters. The lowest BCUT2D eigenvalue weighted by molar-refractivity contribution is 0.102. The van der Waals surface area contributed by atoms with E-state index in [9.17, 15) is 4.79 Å². The second-order valence-corrected chi connectivity index (χ2v) is 5.97. The summed E-state index contributed by atoms with van der Waals surface area (Å²) in [7, 11) is 0. The average molecular weight is 360 g/mol. The molecule has 27 heavy (non-hydrogen) atoms. The van der Waals surface area contributed by atoms with Gasteiger partial charge in [-0.05, 0) is 26.0 Å². The number of aryl methyl sites for hydroxylation is 2. The molecule has 134 valence electrons. The van der Waals surface area contributed by atoms with E-state index in [0.29, 0.717) is 28.9 Å². The van der Waals surface area contributed by atoms with Crippen molar-refractivity contribution in [3.8, 4) is 0 Å². The van der Waals surface area contributed by atoms with Crippen molar-refractivity contribution in [1.82, 2.24) is 20.1 Å². The van der Waals surface area contributed by atoms with E-state index in [1.54, 1.807) is 38.2 Å². The van der Waals surface area contributed by atoms with Crippen LogP contribution in [0.1, 0.15) is 22.1 Å². The molecule has 0 saturated heterocycles. The Balaban J connectivity index is 1.61. The number of nitrogens with zero attached hydrogens (tertiary/aromatic N) is 4. The van der Waals surface area contributed by atoms with Gasteiger partial charge in [0.05, 0.1) is 11.2 Å². The van der Waals surface area contributed by atoms with Crippen LogP contribution in [-0.2, 0) is 0 Å². The van der Waals surface area contributed by atoms with E-state index in [-0.39, 0.29) is 11.6 Å². The zero-order valence-electron chi connectivity index (χ0n) is 14.7. The number of carbonyl (C=O) groups excluding carboxylic acids is 1. The summed E-state index contributed by atoms with van der Waals surface area (Å²) in [5.74, 6) is 1.75. The molecule has 0 aliphatic rings. The minimum absolute atomic E-state index is 0.234. The van der Waals surface area contributed by atoms with Gasteiger partial charge in [-0.25, -0.2) is 9.97 Å². The summed E-state index contributed by atoms with van der Waals surface area (Å²) in [6, 6.07) is 12.7. The zero-order valence-corrected chi connectivity index (χ0v) is 14.7. The van der Waals surface area contributed by atoms with E-state index in [2.05, 4.69) is 30.7 Å². The Morgan fingerprint density at radius 1 is 1.04 bits per heavy atom. The lowest BCUT2D eigenvalue weighted by atomic mass is 10.2. The molecule has 0 atom stereocenters. The Labute approximate surface area is 154 Å². The van der Waals surface area contributed by atoms with Crippen molar-refractivity contribution in [2.75, 3.05) is 10.6 Å². The number of nitrogens with one attached hydrogen (secondary N) is 2. The van der Waals surface area contributed by atoms with Crippen LogP contribution >= 0.6 is 0 Å². The van der Waals surface area contributed by atoms with Crippen molar-refractivity contribution in [2.24, 2.45) is 0 Å².